The molecule has 3 nitrogen and oxygen atoms in total. The van der Waals surface area contributed by atoms with Gasteiger partial charge in [-0.15, -0.1) is 0 Å². The van der Waals surface area contributed by atoms with Crippen molar-refractivity contribution < 1.29 is 4.42 Å². The average Bonchev–Trinajstić information content (AvgIpc) is 3.70. The summed E-state index contributed by atoms with van der Waals surface area (Å²) in [6.45, 7) is 55.2. The van der Waals surface area contributed by atoms with Crippen molar-refractivity contribution in [2.45, 2.75) is 218 Å². The van der Waals surface area contributed by atoms with E-state index in [1.807, 2.05) is 0 Å². The van der Waals surface area contributed by atoms with E-state index in [0.717, 1.165) is 62.2 Å². The Morgan fingerprint density at radius 1 is 0.721 bits per heavy atom. The molecule has 2 aromatic carbocycles. The van der Waals surface area contributed by atoms with Crippen molar-refractivity contribution in [3.8, 4) is 0 Å². The summed E-state index contributed by atoms with van der Waals surface area (Å²) in [4.78, 5) is 2.52. The van der Waals surface area contributed by atoms with Crippen molar-refractivity contribution in [1.82, 2.24) is 0 Å². The fourth-order valence-corrected chi connectivity index (χ4v) is 11.5. The Morgan fingerprint density at radius 3 is 1.88 bits per heavy atom. The molecule has 1 N–H and O–H groups in total. The summed E-state index contributed by atoms with van der Waals surface area (Å²) in [5.41, 5.74) is 18.8. The van der Waals surface area contributed by atoms with Gasteiger partial charge in [-0.25, -0.2) is 0 Å². The average molecular weight is 918 g/mol. The Kier molecular flexibility index (Phi) is 14.7. The monoisotopic (exact) mass is 918 g/mol. The molecular formula is C64H94BN2O. The zero-order valence-corrected chi connectivity index (χ0v) is 47.3. The van der Waals surface area contributed by atoms with Crippen LogP contribution in [0.4, 0.5) is 17.1 Å². The normalized spacial score (nSPS) is 20.9. The summed E-state index contributed by atoms with van der Waals surface area (Å²) in [6.07, 6.45) is 20.5. The first-order valence-electron chi connectivity index (χ1n) is 26.5. The highest BCUT2D eigenvalue weighted by atomic mass is 16.3. The van der Waals surface area contributed by atoms with Crippen LogP contribution in [0.1, 0.15) is 218 Å². The molecule has 0 unspecified atom stereocenters. The molecule has 0 saturated carbocycles. The number of furan rings is 1. The van der Waals surface area contributed by atoms with E-state index in [-0.39, 0.29) is 43.3 Å². The first-order valence-corrected chi connectivity index (χ1v) is 26.5. The third-order valence-electron chi connectivity index (χ3n) is 17.6. The molecule has 6 rings (SSSR count). The second-order valence-electron chi connectivity index (χ2n) is 27.1. The van der Waals surface area contributed by atoms with Crippen LogP contribution >= 0.6 is 0 Å². The Hall–Kier alpha value is -3.92. The largest absolute Gasteiger partial charge is 0.469 e. The fraction of sp³-hybridized carbons (Fsp3) is 0.594. The molecule has 4 heteroatoms. The number of benzene rings is 2. The lowest BCUT2D eigenvalue weighted by atomic mass is 9.56. The predicted octanol–water partition coefficient (Wildman–Crippen LogP) is 17.3. The maximum atomic E-state index is 6.65. The summed E-state index contributed by atoms with van der Waals surface area (Å²) < 4.78 is 6.65. The Balaban J connectivity index is 1.62. The van der Waals surface area contributed by atoms with E-state index >= 15 is 0 Å². The predicted molar refractivity (Wildman–Crippen MR) is 300 cm³/mol. The molecule has 1 aromatic heterocycles. The van der Waals surface area contributed by atoms with E-state index < -0.39 is 0 Å². The van der Waals surface area contributed by atoms with Crippen molar-refractivity contribution >= 4 is 35.3 Å². The number of aryl methyl sites for hydroxylation is 1. The number of allylic oxidation sites excluding steroid dienone is 7. The number of rotatable bonds is 14. The summed E-state index contributed by atoms with van der Waals surface area (Å²) in [5.74, 6) is 1.14. The van der Waals surface area contributed by atoms with Crippen LogP contribution in [0.25, 0.3) is 0 Å². The lowest BCUT2D eigenvalue weighted by molar-refractivity contribution is 0.267. The van der Waals surface area contributed by atoms with Crippen molar-refractivity contribution in [2.24, 2.45) is 21.7 Å². The smallest absolute Gasteiger partial charge is 0.198 e. The van der Waals surface area contributed by atoms with Gasteiger partial charge in [0.25, 0.3) is 0 Å². The van der Waals surface area contributed by atoms with Gasteiger partial charge in [0.05, 0.1) is 6.26 Å². The van der Waals surface area contributed by atoms with Gasteiger partial charge >= 0.3 is 0 Å². The third kappa shape index (κ3) is 10.7. The standard InChI is InChI=1S/C64H94BN2O/c1-23-44-35-54(52(39-51(44)58(9,10)25-3)65-53-41-68-56-55(53)63(19,20)31-32-64(56,21)22)67(33-26-49-48(24-2)60(13,14)29-30-61(49,15)16)47-37-45(57(6,7)8)36-46(38-47)66-40-42(4)34-50-43(5)59(11,12)27-28-62(50,17)18/h24,26,33-39,41,66H,2,23,25,27-32,40H2,1,3-22H3/b33-26+,42-34-. The molecule has 0 atom stereocenters. The summed E-state index contributed by atoms with van der Waals surface area (Å²) in [7, 11) is 2.46. The first kappa shape index (κ1) is 53.4. The van der Waals surface area contributed by atoms with Crippen LogP contribution in [-0.4, -0.2) is 13.8 Å². The Morgan fingerprint density at radius 2 is 1.29 bits per heavy atom. The molecular weight excluding hydrogens is 824 g/mol. The van der Waals surface area contributed by atoms with Gasteiger partial charge in [0.1, 0.15) is 5.76 Å². The third-order valence-corrected chi connectivity index (χ3v) is 17.6. The van der Waals surface area contributed by atoms with E-state index in [9.17, 15) is 0 Å². The fourth-order valence-electron chi connectivity index (χ4n) is 11.5. The number of nitrogens with zero attached hydrogens (tertiary/aromatic N) is 1. The lowest BCUT2D eigenvalue weighted by Crippen LogP contribution is -2.41. The minimum atomic E-state index is -0.0902. The van der Waals surface area contributed by atoms with Crippen LogP contribution in [0.3, 0.4) is 0 Å². The van der Waals surface area contributed by atoms with Crippen LogP contribution in [0.5, 0.6) is 0 Å². The zero-order valence-electron chi connectivity index (χ0n) is 47.3. The van der Waals surface area contributed by atoms with Crippen LogP contribution < -0.4 is 21.1 Å². The van der Waals surface area contributed by atoms with Crippen molar-refractivity contribution in [2.75, 3.05) is 16.8 Å². The molecule has 0 amide bonds. The minimum Gasteiger partial charge on any atom is -0.469 e. The number of hydrogen-bond acceptors (Lipinski definition) is 3. The quantitative estimate of drug-likeness (QED) is 0.163. The molecule has 1 heterocycles. The highest BCUT2D eigenvalue weighted by Crippen LogP contribution is 2.51. The van der Waals surface area contributed by atoms with E-state index in [2.05, 4.69) is 230 Å². The molecule has 0 saturated heterocycles. The molecule has 0 spiro atoms. The second-order valence-corrected chi connectivity index (χ2v) is 27.1. The summed E-state index contributed by atoms with van der Waals surface area (Å²) >= 11 is 0. The lowest BCUT2D eigenvalue weighted by Gasteiger charge is -2.42. The minimum absolute atomic E-state index is 0.00236. The SMILES string of the molecule is C=CC1=C(/C=C/N(c2cc(NC/C(C)=C\C3=C(C)C(C)(C)CCC3(C)C)cc(C(C)(C)C)c2)c2cc(CC)c(C(C)(C)CC)cc2[B]c2coc3c2C(C)(C)CCC3(C)C)C(C)(C)CCC1(C)C. The molecule has 68 heavy (non-hydrogen) atoms. The first-order chi connectivity index (χ1) is 31.2. The molecule has 1 radical (unpaired) electrons. The van der Waals surface area contributed by atoms with Gasteiger partial charge in [-0.3, -0.25) is 0 Å². The van der Waals surface area contributed by atoms with Crippen LogP contribution in [0.15, 0.2) is 99.9 Å². The molecule has 0 fully saturated rings. The van der Waals surface area contributed by atoms with Gasteiger partial charge in [-0.2, -0.15) is 0 Å². The zero-order chi connectivity index (χ0) is 50.8. The van der Waals surface area contributed by atoms with Crippen LogP contribution in [0.2, 0.25) is 0 Å². The highest BCUT2D eigenvalue weighted by molar-refractivity contribution is 6.69. The molecule has 3 aliphatic carbocycles. The van der Waals surface area contributed by atoms with Crippen molar-refractivity contribution in [1.29, 1.82) is 0 Å². The van der Waals surface area contributed by atoms with E-state index in [1.54, 1.807) is 0 Å². The van der Waals surface area contributed by atoms with Gasteiger partial charge in [-0.1, -0.05) is 173 Å². The molecule has 0 bridgehead atoms. The van der Waals surface area contributed by atoms with E-state index in [1.165, 1.54) is 79.6 Å². The topological polar surface area (TPSA) is 28.4 Å². The van der Waals surface area contributed by atoms with Crippen LogP contribution in [-0.2, 0) is 28.1 Å². The summed E-state index contributed by atoms with van der Waals surface area (Å²) in [6, 6.07) is 12.3. The molecule has 0 aliphatic heterocycles. The molecule has 3 aliphatic rings. The second kappa shape index (κ2) is 18.7. The Labute approximate surface area is 418 Å². The van der Waals surface area contributed by atoms with Gasteiger partial charge in [0.2, 0.25) is 0 Å². The number of nitrogens with one attached hydrogen (secondary N) is 1. The van der Waals surface area contributed by atoms with Gasteiger partial charge in [-0.05, 0) is 178 Å². The molecule has 3 aromatic rings. The summed E-state index contributed by atoms with van der Waals surface area (Å²) in [5, 5.41) is 3.98. The van der Waals surface area contributed by atoms with E-state index in [0.29, 0.717) is 0 Å². The van der Waals surface area contributed by atoms with Crippen molar-refractivity contribution in [3.63, 3.8) is 0 Å². The number of hydrogen-bond donors (Lipinski definition) is 1. The van der Waals surface area contributed by atoms with Crippen molar-refractivity contribution in [3.05, 3.63) is 123 Å². The number of fused-ring (bicyclic) bond motifs is 1. The Bertz CT molecular complexity index is 2510. The van der Waals surface area contributed by atoms with Gasteiger partial charge in [0, 0.05) is 35.2 Å². The van der Waals surface area contributed by atoms with Gasteiger partial charge in [0.15, 0.2) is 7.28 Å². The van der Waals surface area contributed by atoms with Crippen LogP contribution in [0, 0.1) is 21.7 Å². The maximum absolute atomic E-state index is 6.65. The maximum Gasteiger partial charge on any atom is 0.198 e. The molecule has 369 valence electrons. The van der Waals surface area contributed by atoms with Gasteiger partial charge < -0.3 is 14.6 Å². The number of anilines is 3. The van der Waals surface area contributed by atoms with E-state index in [4.69, 9.17) is 4.42 Å². The highest BCUT2D eigenvalue weighted by Gasteiger charge is 2.43.